The molecule has 140 valence electrons. The second-order valence-corrected chi connectivity index (χ2v) is 7.63. The summed E-state index contributed by atoms with van der Waals surface area (Å²) in [4.78, 5) is 15.5. The van der Waals surface area contributed by atoms with Crippen LogP contribution in [0.4, 0.5) is 5.82 Å². The highest BCUT2D eigenvalue weighted by molar-refractivity contribution is 5.48. The number of nitrogens with zero attached hydrogens (tertiary/aromatic N) is 5. The van der Waals surface area contributed by atoms with Crippen molar-refractivity contribution in [1.82, 2.24) is 19.8 Å². The number of rotatable bonds is 5. The molecule has 25 heavy (non-hydrogen) atoms. The normalized spacial score (nSPS) is 26.3. The maximum Gasteiger partial charge on any atom is 0.136 e. The molecule has 2 aliphatic rings. The molecule has 7 heteroatoms. The van der Waals surface area contributed by atoms with Gasteiger partial charge in [0.15, 0.2) is 0 Å². The Kier molecular flexibility index (Phi) is 5.89. The van der Waals surface area contributed by atoms with Gasteiger partial charge in [0.1, 0.15) is 12.1 Å². The molecule has 0 spiro atoms. The van der Waals surface area contributed by atoms with Crippen LogP contribution in [0.25, 0.3) is 0 Å². The van der Waals surface area contributed by atoms with Crippen molar-refractivity contribution in [2.24, 2.45) is 0 Å². The smallest absolute Gasteiger partial charge is 0.136 e. The summed E-state index contributed by atoms with van der Waals surface area (Å²) in [6.45, 7) is 9.10. The van der Waals surface area contributed by atoms with E-state index >= 15 is 0 Å². The van der Waals surface area contributed by atoms with E-state index in [1.807, 2.05) is 19.0 Å². The Balaban J connectivity index is 1.57. The number of aromatic nitrogens is 2. The highest BCUT2D eigenvalue weighted by Gasteiger charge is 2.26. The molecule has 1 aromatic heterocycles. The summed E-state index contributed by atoms with van der Waals surface area (Å²) < 4.78 is 5.77. The number of aliphatic hydroxyl groups is 1. The third kappa shape index (κ3) is 4.67. The van der Waals surface area contributed by atoms with Crippen LogP contribution in [0.1, 0.15) is 25.1 Å². The third-order valence-electron chi connectivity index (χ3n) is 4.92. The van der Waals surface area contributed by atoms with Gasteiger partial charge in [-0.3, -0.25) is 9.80 Å². The van der Waals surface area contributed by atoms with Crippen LogP contribution < -0.4 is 4.90 Å². The Hall–Kier alpha value is -1.28. The summed E-state index contributed by atoms with van der Waals surface area (Å²) in [5.41, 5.74) is 2.33. The van der Waals surface area contributed by atoms with Crippen LogP contribution >= 0.6 is 0 Å². The maximum atomic E-state index is 10.6. The van der Waals surface area contributed by atoms with E-state index in [9.17, 15) is 5.11 Å². The van der Waals surface area contributed by atoms with E-state index in [0.29, 0.717) is 13.1 Å². The molecule has 1 N–H and O–H groups in total. The van der Waals surface area contributed by atoms with Gasteiger partial charge in [-0.25, -0.2) is 9.97 Å². The molecule has 1 aromatic rings. The predicted octanol–water partition coefficient (Wildman–Crippen LogP) is 0.371. The van der Waals surface area contributed by atoms with Crippen LogP contribution in [0, 0.1) is 0 Å². The lowest BCUT2D eigenvalue weighted by Crippen LogP contribution is -2.50. The van der Waals surface area contributed by atoms with Crippen LogP contribution in [0.5, 0.6) is 0 Å². The number of β-amino-alcohol motifs (C(OH)–C–C–N with tert-alkyl or cyclic N) is 1. The van der Waals surface area contributed by atoms with Crippen molar-refractivity contribution in [2.45, 2.75) is 45.1 Å². The molecule has 7 nitrogen and oxygen atoms in total. The van der Waals surface area contributed by atoms with Crippen LogP contribution in [0.15, 0.2) is 6.33 Å². The van der Waals surface area contributed by atoms with E-state index in [4.69, 9.17) is 4.74 Å². The number of hydrogen-bond acceptors (Lipinski definition) is 7. The van der Waals surface area contributed by atoms with Gasteiger partial charge in [0.05, 0.1) is 24.0 Å². The van der Waals surface area contributed by atoms with E-state index in [0.717, 1.165) is 44.1 Å². The summed E-state index contributed by atoms with van der Waals surface area (Å²) in [6, 6.07) is 0. The van der Waals surface area contributed by atoms with Crippen molar-refractivity contribution in [2.75, 3.05) is 51.7 Å². The molecule has 1 fully saturated rings. The van der Waals surface area contributed by atoms with E-state index in [1.54, 1.807) is 6.33 Å². The Morgan fingerprint density at radius 3 is 2.56 bits per heavy atom. The Morgan fingerprint density at radius 1 is 1.20 bits per heavy atom. The Morgan fingerprint density at radius 2 is 1.88 bits per heavy atom. The van der Waals surface area contributed by atoms with Crippen LogP contribution in [-0.4, -0.2) is 90.0 Å². The molecule has 2 aliphatic heterocycles. The molecule has 0 unspecified atom stereocenters. The van der Waals surface area contributed by atoms with Crippen molar-refractivity contribution in [1.29, 1.82) is 0 Å². The lowest BCUT2D eigenvalue weighted by atomic mass is 10.1. The number of morpholine rings is 1. The molecular formula is C18H31N5O2. The molecule has 0 aromatic carbocycles. The average molecular weight is 349 g/mol. The van der Waals surface area contributed by atoms with E-state index < -0.39 is 0 Å². The minimum atomic E-state index is -0.355. The number of fused-ring (bicyclic) bond motifs is 1. The molecule has 1 saturated heterocycles. The summed E-state index contributed by atoms with van der Waals surface area (Å²) in [6.07, 6.45) is 2.68. The lowest BCUT2D eigenvalue weighted by molar-refractivity contribution is -0.0781. The van der Waals surface area contributed by atoms with Gasteiger partial charge in [0, 0.05) is 65.3 Å². The van der Waals surface area contributed by atoms with Gasteiger partial charge >= 0.3 is 0 Å². The minimum Gasteiger partial charge on any atom is -0.390 e. The highest BCUT2D eigenvalue weighted by atomic mass is 16.5. The maximum absolute atomic E-state index is 10.6. The van der Waals surface area contributed by atoms with Gasteiger partial charge in [-0.1, -0.05) is 0 Å². The second-order valence-electron chi connectivity index (χ2n) is 7.63. The minimum absolute atomic E-state index is 0.234. The van der Waals surface area contributed by atoms with Crippen LogP contribution in [-0.2, 0) is 17.7 Å². The molecule has 0 aliphatic carbocycles. The first-order valence-corrected chi connectivity index (χ1v) is 9.20. The standard InChI is InChI=1S/C18H31N5O2/c1-13-7-23(8-14(2)25-13)10-15(24)9-22-6-5-17-16(11-22)18(21(3)4)20-12-19-17/h12-15,24H,5-11H2,1-4H3/t13-,14+,15-/m0/s1. The first-order valence-electron chi connectivity index (χ1n) is 9.20. The number of aliphatic hydroxyl groups excluding tert-OH is 1. The van der Waals surface area contributed by atoms with Crippen molar-refractivity contribution < 1.29 is 9.84 Å². The van der Waals surface area contributed by atoms with Gasteiger partial charge in [-0.05, 0) is 13.8 Å². The van der Waals surface area contributed by atoms with E-state index in [-0.39, 0.29) is 18.3 Å². The zero-order valence-corrected chi connectivity index (χ0v) is 15.9. The largest absolute Gasteiger partial charge is 0.390 e. The summed E-state index contributed by atoms with van der Waals surface area (Å²) in [5, 5.41) is 10.6. The highest BCUT2D eigenvalue weighted by Crippen LogP contribution is 2.24. The van der Waals surface area contributed by atoms with Gasteiger partial charge in [-0.2, -0.15) is 0 Å². The molecule has 0 radical (unpaired) electrons. The Bertz CT molecular complexity index is 573. The molecule has 3 rings (SSSR count). The quantitative estimate of drug-likeness (QED) is 0.824. The zero-order chi connectivity index (χ0) is 18.0. The van der Waals surface area contributed by atoms with Gasteiger partial charge in [0.2, 0.25) is 0 Å². The average Bonchev–Trinajstić information content (AvgIpc) is 2.52. The summed E-state index contributed by atoms with van der Waals surface area (Å²) in [5.74, 6) is 0.986. The van der Waals surface area contributed by atoms with Crippen LogP contribution in [0.2, 0.25) is 0 Å². The first-order chi connectivity index (χ1) is 11.9. The number of anilines is 1. The molecule has 0 saturated carbocycles. The van der Waals surface area contributed by atoms with Crippen molar-refractivity contribution >= 4 is 5.82 Å². The third-order valence-corrected chi connectivity index (χ3v) is 4.92. The van der Waals surface area contributed by atoms with Gasteiger partial charge in [-0.15, -0.1) is 0 Å². The van der Waals surface area contributed by atoms with Crippen LogP contribution in [0.3, 0.4) is 0 Å². The van der Waals surface area contributed by atoms with E-state index in [1.165, 1.54) is 5.56 Å². The fraction of sp³-hybridized carbons (Fsp3) is 0.778. The monoisotopic (exact) mass is 349 g/mol. The van der Waals surface area contributed by atoms with Crippen molar-refractivity contribution in [3.63, 3.8) is 0 Å². The molecule has 0 bridgehead atoms. The molecule has 3 atom stereocenters. The molecule has 3 heterocycles. The predicted molar refractivity (Wildman–Crippen MR) is 97.8 cm³/mol. The fourth-order valence-corrected chi connectivity index (χ4v) is 4.01. The van der Waals surface area contributed by atoms with E-state index in [2.05, 4.69) is 33.6 Å². The van der Waals surface area contributed by atoms with Gasteiger partial charge < -0.3 is 14.7 Å². The lowest BCUT2D eigenvalue weighted by Gasteiger charge is -2.37. The topological polar surface area (TPSA) is 65.0 Å². The molecule has 0 amide bonds. The van der Waals surface area contributed by atoms with Crippen molar-refractivity contribution in [3.8, 4) is 0 Å². The zero-order valence-electron chi connectivity index (χ0n) is 15.9. The second kappa shape index (κ2) is 7.95. The van der Waals surface area contributed by atoms with Gasteiger partial charge in [0.25, 0.3) is 0 Å². The van der Waals surface area contributed by atoms with Crippen molar-refractivity contribution in [3.05, 3.63) is 17.6 Å². The SMILES string of the molecule is C[C@@H]1CN(C[C@@H](O)CN2CCc3ncnc(N(C)C)c3C2)C[C@H](C)O1. The summed E-state index contributed by atoms with van der Waals surface area (Å²) in [7, 11) is 4.02. The fourth-order valence-electron chi connectivity index (χ4n) is 4.01. The number of hydrogen-bond donors (Lipinski definition) is 1. The summed E-state index contributed by atoms with van der Waals surface area (Å²) >= 11 is 0. The first kappa shape index (κ1) is 18.5. The number of ether oxygens (including phenoxy) is 1. The molecular weight excluding hydrogens is 318 g/mol. The Labute approximate surface area is 150 Å².